The number of carbonyl (C=O) groups excluding carboxylic acids is 2. The number of carbonyl (C=O) groups is 3. The van der Waals surface area contributed by atoms with Crippen molar-refractivity contribution < 1.29 is 19.5 Å². The Bertz CT molecular complexity index is 1660. The van der Waals surface area contributed by atoms with Crippen LogP contribution in [0.5, 0.6) is 0 Å². The van der Waals surface area contributed by atoms with Crippen LogP contribution >= 0.6 is 11.8 Å². The maximum atomic E-state index is 14.0. The van der Waals surface area contributed by atoms with Gasteiger partial charge < -0.3 is 20.7 Å². The summed E-state index contributed by atoms with van der Waals surface area (Å²) in [6, 6.07) is 20.8. The zero-order valence-electron chi connectivity index (χ0n) is 23.0. The van der Waals surface area contributed by atoms with Crippen molar-refractivity contribution in [3.63, 3.8) is 0 Å². The van der Waals surface area contributed by atoms with E-state index in [4.69, 9.17) is 0 Å². The summed E-state index contributed by atoms with van der Waals surface area (Å²) in [4.78, 5) is 68.7. The van der Waals surface area contributed by atoms with Gasteiger partial charge in [0, 0.05) is 12.8 Å². The number of nitrogens with zero attached hydrogens (tertiary/aromatic N) is 1. The molecule has 1 heterocycles. The van der Waals surface area contributed by atoms with Crippen molar-refractivity contribution in [1.82, 2.24) is 20.2 Å². The van der Waals surface area contributed by atoms with Crippen molar-refractivity contribution in [3.05, 3.63) is 117 Å². The van der Waals surface area contributed by atoms with Crippen molar-refractivity contribution in [1.29, 1.82) is 0 Å². The number of nitrogens with one attached hydrogen (secondary N) is 3. The Hall–Kier alpha value is -4.64. The van der Waals surface area contributed by atoms with Crippen LogP contribution in [0.2, 0.25) is 0 Å². The van der Waals surface area contributed by atoms with Gasteiger partial charge in [-0.15, -0.1) is 0 Å². The molecule has 0 spiro atoms. The number of para-hydroxylation sites is 1. The van der Waals surface area contributed by atoms with Gasteiger partial charge in [0.15, 0.2) is 0 Å². The molecule has 0 radical (unpaired) electrons. The quantitative estimate of drug-likeness (QED) is 0.187. The molecule has 4 aromatic rings. The Labute approximate surface area is 246 Å². The highest BCUT2D eigenvalue weighted by molar-refractivity contribution is 7.98. The van der Waals surface area contributed by atoms with E-state index in [1.54, 1.807) is 72.8 Å². The van der Waals surface area contributed by atoms with Crippen molar-refractivity contribution in [2.45, 2.75) is 37.4 Å². The molecule has 4 rings (SSSR count). The van der Waals surface area contributed by atoms with Crippen molar-refractivity contribution in [3.8, 4) is 0 Å². The molecule has 0 fully saturated rings. The van der Waals surface area contributed by atoms with E-state index in [2.05, 4.69) is 15.6 Å². The second-order valence-electron chi connectivity index (χ2n) is 9.79. The first-order chi connectivity index (χ1) is 20.3. The molecule has 0 aliphatic heterocycles. The minimum Gasteiger partial charge on any atom is -0.480 e. The summed E-state index contributed by atoms with van der Waals surface area (Å²) in [7, 11) is 0. The van der Waals surface area contributed by atoms with Crippen LogP contribution in [0.3, 0.4) is 0 Å². The zero-order valence-corrected chi connectivity index (χ0v) is 23.8. The molecule has 0 bridgehead atoms. The van der Waals surface area contributed by atoms with E-state index in [0.29, 0.717) is 16.8 Å². The Morgan fingerprint density at radius 3 is 2.00 bits per heavy atom. The summed E-state index contributed by atoms with van der Waals surface area (Å²) in [5, 5.41) is 15.2. The van der Waals surface area contributed by atoms with Crippen LogP contribution in [0.15, 0.2) is 94.5 Å². The number of thioether (sulfide) groups is 1. The number of carboxylic acid groups (broad SMARTS) is 1. The zero-order chi connectivity index (χ0) is 30.1. The molecule has 11 heteroatoms. The lowest BCUT2D eigenvalue weighted by Crippen LogP contribution is -2.55. The number of aromatic nitrogens is 2. The Balaban J connectivity index is 1.72. The largest absolute Gasteiger partial charge is 0.480 e. The molecule has 2 amide bonds. The van der Waals surface area contributed by atoms with Gasteiger partial charge in [-0.1, -0.05) is 72.8 Å². The SMILES string of the molecule is CSCC[C@H](NC(=O)[C@H](Cc1ccccc1)NC(=O)[C@@H](Cc1ccccc1)n1c(=O)[nH]c2ccccc2c1=O)C(=O)O. The topological polar surface area (TPSA) is 150 Å². The molecule has 4 N–H and O–H groups in total. The van der Waals surface area contributed by atoms with Gasteiger partial charge in [0.25, 0.3) is 5.56 Å². The number of benzene rings is 3. The number of aromatic amines is 1. The van der Waals surface area contributed by atoms with Gasteiger partial charge in [-0.25, -0.2) is 14.2 Å². The molecule has 0 unspecified atom stereocenters. The molecule has 42 heavy (non-hydrogen) atoms. The van der Waals surface area contributed by atoms with Crippen molar-refractivity contribution in [2.24, 2.45) is 0 Å². The maximum absolute atomic E-state index is 14.0. The number of hydrogen-bond donors (Lipinski definition) is 4. The van der Waals surface area contributed by atoms with Gasteiger partial charge in [-0.2, -0.15) is 11.8 Å². The van der Waals surface area contributed by atoms with Crippen LogP contribution in [0.1, 0.15) is 23.6 Å². The average molecular weight is 589 g/mol. The van der Waals surface area contributed by atoms with Gasteiger partial charge in [0.05, 0.1) is 10.9 Å². The predicted octanol–water partition coefficient (Wildman–Crippen LogP) is 2.52. The Morgan fingerprint density at radius 2 is 1.38 bits per heavy atom. The third kappa shape index (κ3) is 7.55. The highest BCUT2D eigenvalue weighted by atomic mass is 32.2. The van der Waals surface area contributed by atoms with Crippen LogP contribution in [-0.2, 0) is 27.2 Å². The first kappa shape index (κ1) is 30.3. The van der Waals surface area contributed by atoms with E-state index in [-0.39, 0.29) is 24.6 Å². The lowest BCUT2D eigenvalue weighted by atomic mass is 10.0. The van der Waals surface area contributed by atoms with Gasteiger partial charge >= 0.3 is 11.7 Å². The Morgan fingerprint density at radius 1 is 0.810 bits per heavy atom. The first-order valence-corrected chi connectivity index (χ1v) is 14.8. The van der Waals surface area contributed by atoms with E-state index in [9.17, 15) is 29.1 Å². The molecule has 10 nitrogen and oxygen atoms in total. The first-order valence-electron chi connectivity index (χ1n) is 13.4. The minimum absolute atomic E-state index is 0.000843. The van der Waals surface area contributed by atoms with Gasteiger partial charge in [0.1, 0.15) is 18.1 Å². The molecular weight excluding hydrogens is 556 g/mol. The standard InChI is InChI=1S/C31H32N4O6S/c1-42-17-16-24(30(39)40)32-27(36)25(18-20-10-4-2-5-11-20)33-28(37)26(19-21-12-6-3-7-13-21)35-29(38)22-14-8-9-15-23(22)34-31(35)41/h2-15,24-26H,16-19H2,1H3,(H,32,36)(H,33,37)(H,34,41)(H,39,40)/t24-,25-,26+/m0/s1. The van der Waals surface area contributed by atoms with Gasteiger partial charge in [-0.05, 0) is 41.7 Å². The number of aliphatic carboxylic acids is 1. The van der Waals surface area contributed by atoms with Gasteiger partial charge in [0.2, 0.25) is 11.8 Å². The summed E-state index contributed by atoms with van der Waals surface area (Å²) in [5.41, 5.74) is 0.367. The highest BCUT2D eigenvalue weighted by Crippen LogP contribution is 2.15. The molecule has 0 saturated heterocycles. The molecule has 3 atom stereocenters. The lowest BCUT2D eigenvalue weighted by Gasteiger charge is -2.25. The van der Waals surface area contributed by atoms with Crippen molar-refractivity contribution in [2.75, 3.05) is 12.0 Å². The summed E-state index contributed by atoms with van der Waals surface area (Å²) in [6.07, 6.45) is 2.10. The molecule has 3 aromatic carbocycles. The number of rotatable bonds is 13. The number of carboxylic acids is 1. The monoisotopic (exact) mass is 588 g/mol. The van der Waals surface area contributed by atoms with Crippen LogP contribution < -0.4 is 21.9 Å². The molecule has 0 aliphatic carbocycles. The molecular formula is C31H32N4O6S. The number of H-pyrrole nitrogens is 1. The van der Waals surface area contributed by atoms with Crippen LogP contribution in [0.4, 0.5) is 0 Å². The van der Waals surface area contributed by atoms with Crippen LogP contribution in [-0.4, -0.2) is 56.5 Å². The minimum atomic E-state index is -1.30. The number of fused-ring (bicyclic) bond motifs is 1. The van der Waals surface area contributed by atoms with Crippen molar-refractivity contribution >= 4 is 40.4 Å². The van der Waals surface area contributed by atoms with Gasteiger partial charge in [-0.3, -0.25) is 14.4 Å². The van der Waals surface area contributed by atoms with E-state index < -0.39 is 47.2 Å². The van der Waals surface area contributed by atoms with E-state index in [1.165, 1.54) is 11.8 Å². The predicted molar refractivity (Wildman–Crippen MR) is 163 cm³/mol. The van der Waals surface area contributed by atoms with E-state index in [1.807, 2.05) is 18.4 Å². The van der Waals surface area contributed by atoms with Crippen LogP contribution in [0.25, 0.3) is 10.9 Å². The summed E-state index contributed by atoms with van der Waals surface area (Å²) < 4.78 is 0.876. The number of hydrogen-bond acceptors (Lipinski definition) is 6. The fourth-order valence-electron chi connectivity index (χ4n) is 4.69. The highest BCUT2D eigenvalue weighted by Gasteiger charge is 2.31. The smallest absolute Gasteiger partial charge is 0.329 e. The van der Waals surface area contributed by atoms with E-state index in [0.717, 1.165) is 10.1 Å². The molecule has 1 aromatic heterocycles. The normalized spacial score (nSPS) is 13.2. The van der Waals surface area contributed by atoms with Crippen LogP contribution in [0, 0.1) is 0 Å². The fraction of sp³-hybridized carbons (Fsp3) is 0.258. The second kappa shape index (κ2) is 14.3. The molecule has 218 valence electrons. The van der Waals surface area contributed by atoms with E-state index >= 15 is 0 Å². The maximum Gasteiger partial charge on any atom is 0.329 e. The summed E-state index contributed by atoms with van der Waals surface area (Å²) >= 11 is 1.45. The second-order valence-corrected chi connectivity index (χ2v) is 10.8. The molecule has 0 aliphatic rings. The number of amides is 2. The Kier molecular flexibility index (Phi) is 10.3. The summed E-state index contributed by atoms with van der Waals surface area (Å²) in [6.45, 7) is 0. The average Bonchev–Trinajstić information content (AvgIpc) is 2.99. The fourth-order valence-corrected chi connectivity index (χ4v) is 5.16. The third-order valence-corrected chi connectivity index (χ3v) is 7.51. The molecule has 0 saturated carbocycles. The lowest BCUT2D eigenvalue weighted by molar-refractivity contribution is -0.142. The summed E-state index contributed by atoms with van der Waals surface area (Å²) in [5.74, 6) is -2.08. The third-order valence-electron chi connectivity index (χ3n) is 6.86.